The predicted molar refractivity (Wildman–Crippen MR) is 58.5 cm³/mol. The molecule has 4 atom stereocenters. The molecule has 2 bridgehead atoms. The van der Waals surface area contributed by atoms with Crippen molar-refractivity contribution in [3.05, 3.63) is 0 Å². The molecule has 3 heteroatoms. The van der Waals surface area contributed by atoms with Crippen LogP contribution in [0.15, 0.2) is 0 Å². The molecule has 1 saturated carbocycles. The summed E-state index contributed by atoms with van der Waals surface area (Å²) in [5.74, 6) is 2.36. The Hall–Kier alpha value is -0.570. The zero-order valence-corrected chi connectivity index (χ0v) is 9.81. The molecule has 0 radical (unpaired) electrons. The van der Waals surface area contributed by atoms with Crippen LogP contribution < -0.4 is 0 Å². The van der Waals surface area contributed by atoms with Gasteiger partial charge in [-0.1, -0.05) is 13.8 Å². The number of carboxylic acids is 1. The minimum atomic E-state index is -0.624. The molecule has 2 fully saturated rings. The van der Waals surface area contributed by atoms with Crippen LogP contribution in [0.25, 0.3) is 0 Å². The maximum Gasteiger partial charge on any atom is 0.303 e. The Labute approximate surface area is 91.5 Å². The average molecular weight is 211 g/mol. The Morgan fingerprint density at radius 2 is 1.73 bits per heavy atom. The summed E-state index contributed by atoms with van der Waals surface area (Å²) in [5.41, 5.74) is 0. The van der Waals surface area contributed by atoms with Gasteiger partial charge in [0.2, 0.25) is 0 Å². The molecule has 1 saturated heterocycles. The van der Waals surface area contributed by atoms with Crippen LogP contribution >= 0.6 is 0 Å². The molecule has 0 spiro atoms. The molecule has 3 nitrogen and oxygen atoms in total. The summed E-state index contributed by atoms with van der Waals surface area (Å²) in [6.07, 6.45) is 0.373. The largest absolute Gasteiger partial charge is 0.481 e. The predicted octanol–water partition coefficient (Wildman–Crippen LogP) is 1.54. The highest BCUT2D eigenvalue weighted by molar-refractivity contribution is 5.67. The Bertz CT molecular complexity index is 248. The van der Waals surface area contributed by atoms with Crippen LogP contribution in [-0.4, -0.2) is 36.1 Å². The SMILES string of the molecule is C[C@H]1C2CN(C)CC(C2CC(=O)O)[C@@H]1C. The van der Waals surface area contributed by atoms with E-state index in [-0.39, 0.29) is 0 Å². The molecule has 0 aromatic carbocycles. The highest BCUT2D eigenvalue weighted by Crippen LogP contribution is 2.50. The fraction of sp³-hybridized carbons (Fsp3) is 0.917. The van der Waals surface area contributed by atoms with Crippen molar-refractivity contribution in [2.75, 3.05) is 20.1 Å². The van der Waals surface area contributed by atoms with Crippen LogP contribution in [0.3, 0.4) is 0 Å². The minimum absolute atomic E-state index is 0.373. The average Bonchev–Trinajstić information content (AvgIpc) is 2.31. The zero-order valence-electron chi connectivity index (χ0n) is 9.81. The second-order valence-corrected chi connectivity index (χ2v) is 5.53. The Morgan fingerprint density at radius 1 is 1.27 bits per heavy atom. The van der Waals surface area contributed by atoms with Crippen molar-refractivity contribution in [2.45, 2.75) is 20.3 Å². The van der Waals surface area contributed by atoms with Crippen LogP contribution in [0.4, 0.5) is 0 Å². The van der Waals surface area contributed by atoms with E-state index < -0.39 is 5.97 Å². The second-order valence-electron chi connectivity index (χ2n) is 5.53. The van der Waals surface area contributed by atoms with Gasteiger partial charge in [-0.05, 0) is 36.6 Å². The van der Waals surface area contributed by atoms with Gasteiger partial charge in [0.1, 0.15) is 0 Å². The zero-order chi connectivity index (χ0) is 11.2. The molecule has 86 valence electrons. The topological polar surface area (TPSA) is 40.5 Å². The van der Waals surface area contributed by atoms with E-state index in [1.165, 1.54) is 0 Å². The van der Waals surface area contributed by atoms with Gasteiger partial charge in [-0.15, -0.1) is 0 Å². The number of piperidine rings is 1. The number of carbonyl (C=O) groups is 1. The molecule has 2 rings (SSSR count). The van der Waals surface area contributed by atoms with Crippen molar-refractivity contribution in [3.8, 4) is 0 Å². The van der Waals surface area contributed by atoms with Crippen molar-refractivity contribution in [1.82, 2.24) is 4.90 Å². The van der Waals surface area contributed by atoms with Crippen molar-refractivity contribution in [3.63, 3.8) is 0 Å². The lowest BCUT2D eigenvalue weighted by molar-refractivity contribution is -0.139. The number of hydrogen-bond acceptors (Lipinski definition) is 2. The van der Waals surface area contributed by atoms with Crippen LogP contribution in [-0.2, 0) is 4.79 Å². The lowest BCUT2D eigenvalue weighted by Crippen LogP contribution is -2.41. The fourth-order valence-corrected chi connectivity index (χ4v) is 3.78. The van der Waals surface area contributed by atoms with E-state index in [2.05, 4.69) is 25.8 Å². The van der Waals surface area contributed by atoms with Gasteiger partial charge >= 0.3 is 5.97 Å². The third-order valence-corrected chi connectivity index (χ3v) is 4.74. The molecule has 0 amide bonds. The Balaban J connectivity index is 2.17. The summed E-state index contributed by atoms with van der Waals surface area (Å²) in [7, 11) is 2.15. The number of hydrogen-bond donors (Lipinski definition) is 1. The molecule has 1 aliphatic heterocycles. The summed E-state index contributed by atoms with van der Waals surface area (Å²) in [4.78, 5) is 13.2. The van der Waals surface area contributed by atoms with Crippen LogP contribution in [0.2, 0.25) is 0 Å². The summed E-state index contributed by atoms with van der Waals surface area (Å²) in [6, 6.07) is 0. The van der Waals surface area contributed by atoms with Gasteiger partial charge in [0.25, 0.3) is 0 Å². The van der Waals surface area contributed by atoms with Crippen molar-refractivity contribution in [1.29, 1.82) is 0 Å². The molecule has 0 aromatic rings. The van der Waals surface area contributed by atoms with Gasteiger partial charge in [-0.2, -0.15) is 0 Å². The highest BCUT2D eigenvalue weighted by atomic mass is 16.4. The van der Waals surface area contributed by atoms with E-state index >= 15 is 0 Å². The van der Waals surface area contributed by atoms with Gasteiger partial charge in [-0.3, -0.25) is 4.79 Å². The number of aliphatic carboxylic acids is 1. The quantitative estimate of drug-likeness (QED) is 0.753. The third kappa shape index (κ3) is 1.78. The Kier molecular flexibility index (Phi) is 2.75. The molecule has 2 unspecified atom stereocenters. The molecule has 2 aliphatic rings. The number of rotatable bonds is 2. The highest BCUT2D eigenvalue weighted by Gasteiger charge is 2.49. The molecule has 1 aliphatic carbocycles. The van der Waals surface area contributed by atoms with Gasteiger partial charge in [0.05, 0.1) is 0 Å². The maximum atomic E-state index is 10.9. The molecular weight excluding hydrogens is 190 g/mol. The van der Waals surface area contributed by atoms with Crippen molar-refractivity contribution < 1.29 is 9.90 Å². The second kappa shape index (κ2) is 3.78. The summed E-state index contributed by atoms with van der Waals surface area (Å²) in [5, 5.41) is 8.95. The summed E-state index contributed by atoms with van der Waals surface area (Å²) in [6.45, 7) is 6.76. The van der Waals surface area contributed by atoms with Gasteiger partial charge in [-0.25, -0.2) is 0 Å². The van der Waals surface area contributed by atoms with Crippen molar-refractivity contribution >= 4 is 5.97 Å². The number of nitrogens with zero attached hydrogens (tertiary/aromatic N) is 1. The first-order valence-corrected chi connectivity index (χ1v) is 5.91. The number of fused-ring (bicyclic) bond motifs is 2. The molecular formula is C12H21NO2. The van der Waals surface area contributed by atoms with Crippen LogP contribution in [0.5, 0.6) is 0 Å². The molecule has 15 heavy (non-hydrogen) atoms. The Morgan fingerprint density at radius 3 is 2.13 bits per heavy atom. The third-order valence-electron chi connectivity index (χ3n) is 4.74. The molecule has 1 heterocycles. The maximum absolute atomic E-state index is 10.9. The first kappa shape index (κ1) is 10.9. The summed E-state index contributed by atoms with van der Waals surface area (Å²) >= 11 is 0. The monoisotopic (exact) mass is 211 g/mol. The minimum Gasteiger partial charge on any atom is -0.481 e. The van der Waals surface area contributed by atoms with Crippen LogP contribution in [0.1, 0.15) is 20.3 Å². The van der Waals surface area contributed by atoms with E-state index in [0.29, 0.717) is 36.0 Å². The molecule has 0 aromatic heterocycles. The number of likely N-dealkylation sites (tertiary alicyclic amines) is 1. The first-order chi connectivity index (χ1) is 7.00. The van der Waals surface area contributed by atoms with E-state index in [0.717, 1.165) is 13.1 Å². The summed E-state index contributed by atoms with van der Waals surface area (Å²) < 4.78 is 0. The van der Waals surface area contributed by atoms with E-state index in [1.54, 1.807) is 0 Å². The van der Waals surface area contributed by atoms with E-state index in [4.69, 9.17) is 5.11 Å². The first-order valence-electron chi connectivity index (χ1n) is 5.91. The molecule has 1 N–H and O–H groups in total. The van der Waals surface area contributed by atoms with Gasteiger partial charge in [0, 0.05) is 19.5 Å². The van der Waals surface area contributed by atoms with Gasteiger partial charge in [0.15, 0.2) is 0 Å². The normalized spacial score (nSPS) is 45.7. The van der Waals surface area contributed by atoms with E-state index in [1.807, 2.05) is 0 Å². The lowest BCUT2D eigenvalue weighted by Gasteiger charge is -2.36. The lowest BCUT2D eigenvalue weighted by atomic mass is 9.81. The van der Waals surface area contributed by atoms with Gasteiger partial charge < -0.3 is 10.0 Å². The standard InChI is InChI=1S/C12H21NO2/c1-7-8(2)11-6-13(3)5-10(7)9(11)4-12(14)15/h7-11H,4-6H2,1-3H3,(H,14,15)/t7-,8-,9?,10?,11?/m1/s1. The smallest absolute Gasteiger partial charge is 0.303 e. The van der Waals surface area contributed by atoms with E-state index in [9.17, 15) is 4.79 Å². The number of carboxylic acid groups (broad SMARTS) is 1. The van der Waals surface area contributed by atoms with Crippen molar-refractivity contribution in [2.24, 2.45) is 29.6 Å². The fourth-order valence-electron chi connectivity index (χ4n) is 3.78. The van der Waals surface area contributed by atoms with Crippen LogP contribution in [0, 0.1) is 29.6 Å².